The van der Waals surface area contributed by atoms with Gasteiger partial charge in [0, 0.05) is 6.20 Å². The normalized spacial score (nSPS) is 23.7. The first-order valence-electron chi connectivity index (χ1n) is 6.05. The zero-order valence-corrected chi connectivity index (χ0v) is 11.1. The summed E-state index contributed by atoms with van der Waals surface area (Å²) in [4.78, 5) is 19.3. The minimum atomic E-state index is -0.369. The number of anilines is 1. The van der Waals surface area contributed by atoms with Crippen LogP contribution in [-0.4, -0.2) is 39.8 Å². The van der Waals surface area contributed by atoms with Crippen LogP contribution in [0.15, 0.2) is 11.4 Å². The third-order valence-corrected chi connectivity index (χ3v) is 3.72. The van der Waals surface area contributed by atoms with Gasteiger partial charge in [-0.3, -0.25) is 4.79 Å². The van der Waals surface area contributed by atoms with Gasteiger partial charge in [-0.1, -0.05) is 24.6 Å². The molecule has 0 radical (unpaired) electrons. The number of hydrogen-bond acceptors (Lipinski definition) is 6. The second-order valence-corrected chi connectivity index (χ2v) is 5.15. The molecule has 2 rings (SSSR count). The third-order valence-electron chi connectivity index (χ3n) is 3.16. The maximum atomic E-state index is 11.0. The zero-order chi connectivity index (χ0) is 13.0. The van der Waals surface area contributed by atoms with Crippen LogP contribution in [0.2, 0.25) is 0 Å². The number of thioether (sulfide) groups is 1. The topological polar surface area (TPSA) is 75.1 Å². The van der Waals surface area contributed by atoms with Crippen LogP contribution >= 0.6 is 11.8 Å². The Balaban J connectivity index is 2.18. The number of hydrogen-bond donors (Lipinski definition) is 2. The molecule has 5 nitrogen and oxygen atoms in total. The molecule has 18 heavy (non-hydrogen) atoms. The fourth-order valence-corrected chi connectivity index (χ4v) is 2.47. The van der Waals surface area contributed by atoms with Gasteiger partial charge >= 0.3 is 0 Å². The van der Waals surface area contributed by atoms with Crippen molar-refractivity contribution in [2.24, 2.45) is 0 Å². The Bertz CT molecular complexity index is 428. The average molecular weight is 267 g/mol. The first kappa shape index (κ1) is 13.3. The Morgan fingerprint density at radius 2 is 2.28 bits per heavy atom. The molecular formula is C12H17N3O2S. The number of carbonyl (C=O) groups is 1. The Kier molecular flexibility index (Phi) is 4.54. The summed E-state index contributed by atoms with van der Waals surface area (Å²) in [5.74, 6) is 0.523. The Morgan fingerprint density at radius 1 is 1.50 bits per heavy atom. The number of rotatable bonds is 4. The Morgan fingerprint density at radius 3 is 2.94 bits per heavy atom. The lowest BCUT2D eigenvalue weighted by atomic mass is 9.92. The van der Waals surface area contributed by atoms with Gasteiger partial charge in [0.25, 0.3) is 0 Å². The van der Waals surface area contributed by atoms with Gasteiger partial charge in [0.15, 0.2) is 11.4 Å². The molecule has 2 N–H and O–H groups in total. The van der Waals surface area contributed by atoms with E-state index in [1.807, 2.05) is 6.26 Å². The summed E-state index contributed by atoms with van der Waals surface area (Å²) >= 11 is 1.42. The molecule has 98 valence electrons. The molecule has 6 heteroatoms. The molecule has 0 unspecified atom stereocenters. The summed E-state index contributed by atoms with van der Waals surface area (Å²) in [5, 5.41) is 13.7. The van der Waals surface area contributed by atoms with Crippen molar-refractivity contribution >= 4 is 23.9 Å². The van der Waals surface area contributed by atoms with E-state index >= 15 is 0 Å². The summed E-state index contributed by atoms with van der Waals surface area (Å²) in [5.41, 5.74) is 0.436. The predicted molar refractivity (Wildman–Crippen MR) is 71.1 cm³/mol. The van der Waals surface area contributed by atoms with E-state index in [2.05, 4.69) is 15.3 Å². The average Bonchev–Trinajstić information content (AvgIpc) is 2.41. The van der Waals surface area contributed by atoms with Gasteiger partial charge < -0.3 is 10.4 Å². The van der Waals surface area contributed by atoms with Gasteiger partial charge in [0.05, 0.1) is 17.7 Å². The second-order valence-electron chi connectivity index (χ2n) is 4.38. The highest BCUT2D eigenvalue weighted by Crippen LogP contribution is 2.23. The molecule has 0 amide bonds. The monoisotopic (exact) mass is 267 g/mol. The first-order valence-corrected chi connectivity index (χ1v) is 7.28. The number of nitrogens with zero attached hydrogens (tertiary/aromatic N) is 2. The molecule has 1 heterocycles. The van der Waals surface area contributed by atoms with Gasteiger partial charge in [-0.15, -0.1) is 0 Å². The fourth-order valence-electron chi connectivity index (χ4n) is 2.13. The molecule has 1 aromatic rings. The smallest absolute Gasteiger partial charge is 0.189 e. The molecule has 0 saturated heterocycles. The van der Waals surface area contributed by atoms with Crippen molar-refractivity contribution in [2.45, 2.75) is 43.0 Å². The SMILES string of the molecule is CSc1ncc(C=O)c(N[C@H]2CCCC[C@H]2O)n1. The van der Waals surface area contributed by atoms with E-state index in [1.165, 1.54) is 18.0 Å². The largest absolute Gasteiger partial charge is 0.391 e. The van der Waals surface area contributed by atoms with E-state index in [4.69, 9.17) is 0 Å². The van der Waals surface area contributed by atoms with E-state index in [9.17, 15) is 9.90 Å². The number of nitrogens with one attached hydrogen (secondary N) is 1. The molecule has 1 aliphatic rings. The van der Waals surface area contributed by atoms with Crippen molar-refractivity contribution in [3.8, 4) is 0 Å². The van der Waals surface area contributed by atoms with E-state index in [-0.39, 0.29) is 12.1 Å². The molecule has 0 aromatic carbocycles. The fraction of sp³-hybridized carbons (Fsp3) is 0.583. The summed E-state index contributed by atoms with van der Waals surface area (Å²) in [7, 11) is 0. The zero-order valence-electron chi connectivity index (χ0n) is 10.3. The van der Waals surface area contributed by atoms with Gasteiger partial charge in [-0.2, -0.15) is 0 Å². The van der Waals surface area contributed by atoms with Gasteiger partial charge in [-0.05, 0) is 19.1 Å². The number of aliphatic hydroxyl groups is 1. The highest BCUT2D eigenvalue weighted by atomic mass is 32.2. The second kappa shape index (κ2) is 6.15. The molecule has 1 aromatic heterocycles. The molecule has 2 atom stereocenters. The predicted octanol–water partition coefficient (Wildman–Crippen LogP) is 1.73. The van der Waals surface area contributed by atoms with Gasteiger partial charge in [0.2, 0.25) is 0 Å². The lowest BCUT2D eigenvalue weighted by Crippen LogP contribution is -2.36. The van der Waals surface area contributed by atoms with E-state index in [0.717, 1.165) is 32.0 Å². The van der Waals surface area contributed by atoms with Crippen molar-refractivity contribution in [1.29, 1.82) is 0 Å². The quantitative estimate of drug-likeness (QED) is 0.491. The molecule has 0 aliphatic heterocycles. The molecule has 1 fully saturated rings. The molecule has 0 bridgehead atoms. The number of aldehydes is 1. The van der Waals surface area contributed by atoms with Crippen LogP contribution in [0.5, 0.6) is 0 Å². The maximum absolute atomic E-state index is 11.0. The highest BCUT2D eigenvalue weighted by Gasteiger charge is 2.24. The van der Waals surface area contributed by atoms with Crippen molar-refractivity contribution in [2.75, 3.05) is 11.6 Å². The van der Waals surface area contributed by atoms with Crippen molar-refractivity contribution in [1.82, 2.24) is 9.97 Å². The summed E-state index contributed by atoms with van der Waals surface area (Å²) in [6.45, 7) is 0. The van der Waals surface area contributed by atoms with Crippen LogP contribution in [0.3, 0.4) is 0 Å². The summed E-state index contributed by atoms with van der Waals surface area (Å²) in [6.07, 6.45) is 7.61. The van der Waals surface area contributed by atoms with Gasteiger partial charge in [-0.25, -0.2) is 9.97 Å². The molecule has 1 aliphatic carbocycles. The maximum Gasteiger partial charge on any atom is 0.189 e. The summed E-state index contributed by atoms with van der Waals surface area (Å²) < 4.78 is 0. The van der Waals surface area contributed by atoms with E-state index in [1.54, 1.807) is 0 Å². The highest BCUT2D eigenvalue weighted by molar-refractivity contribution is 7.98. The van der Waals surface area contributed by atoms with Crippen LogP contribution in [0.1, 0.15) is 36.0 Å². The third kappa shape index (κ3) is 3.00. The number of aromatic nitrogens is 2. The Labute approximate surface area is 110 Å². The molecule has 1 saturated carbocycles. The van der Waals surface area contributed by atoms with Crippen LogP contribution < -0.4 is 5.32 Å². The van der Waals surface area contributed by atoms with Crippen LogP contribution in [0.25, 0.3) is 0 Å². The lowest BCUT2D eigenvalue weighted by Gasteiger charge is -2.29. The standard InChI is InChI=1S/C12H17N3O2S/c1-18-12-13-6-8(7-16)11(15-12)14-9-4-2-3-5-10(9)17/h6-7,9-10,17H,2-5H2,1H3,(H,13,14,15)/t9-,10+/m0/s1. The van der Waals surface area contributed by atoms with Crippen LogP contribution in [0.4, 0.5) is 5.82 Å². The number of carbonyl (C=O) groups excluding carboxylic acids is 1. The molecule has 0 spiro atoms. The minimum Gasteiger partial charge on any atom is -0.391 e. The van der Waals surface area contributed by atoms with Gasteiger partial charge in [0.1, 0.15) is 5.82 Å². The van der Waals surface area contributed by atoms with Crippen LogP contribution in [-0.2, 0) is 0 Å². The van der Waals surface area contributed by atoms with E-state index < -0.39 is 0 Å². The van der Waals surface area contributed by atoms with E-state index in [0.29, 0.717) is 16.5 Å². The molecular weight excluding hydrogens is 250 g/mol. The van der Waals surface area contributed by atoms with Crippen molar-refractivity contribution in [3.63, 3.8) is 0 Å². The van der Waals surface area contributed by atoms with Crippen molar-refractivity contribution < 1.29 is 9.90 Å². The Hall–Kier alpha value is -1.14. The minimum absolute atomic E-state index is 0.0259. The van der Waals surface area contributed by atoms with Crippen LogP contribution in [0, 0.1) is 0 Å². The number of aliphatic hydroxyl groups excluding tert-OH is 1. The summed E-state index contributed by atoms with van der Waals surface area (Å²) in [6, 6.07) is -0.0259. The van der Waals surface area contributed by atoms with Crippen molar-refractivity contribution in [3.05, 3.63) is 11.8 Å². The first-order chi connectivity index (χ1) is 8.74. The lowest BCUT2D eigenvalue weighted by molar-refractivity contribution is 0.111.